The van der Waals surface area contributed by atoms with Gasteiger partial charge in [-0.05, 0) is 6.92 Å². The molecule has 0 atom stereocenters. The highest BCUT2D eigenvalue weighted by atomic mass is 35.5. The predicted molar refractivity (Wildman–Crippen MR) is 202 cm³/mol. The van der Waals surface area contributed by atoms with Gasteiger partial charge in [0.1, 0.15) is 11.2 Å². The molecule has 0 unspecified atom stereocenters. The van der Waals surface area contributed by atoms with Crippen molar-refractivity contribution in [1.82, 2.24) is 44.9 Å². The number of benzene rings is 2. The smallest absolute Gasteiger partial charge is 0.237 e. The molecule has 2 N–H and O–H groups in total. The highest BCUT2D eigenvalue weighted by Crippen LogP contribution is 2.43. The Bertz CT molecular complexity index is 2300. The van der Waals surface area contributed by atoms with Gasteiger partial charge in [0.15, 0.2) is 5.65 Å². The van der Waals surface area contributed by atoms with Crippen LogP contribution in [0.4, 0.5) is 0 Å². The molecule has 4 aliphatic rings. The molecule has 53 heavy (non-hydrogen) atoms. The first-order valence-electron chi connectivity index (χ1n) is 18.0. The molecule has 0 radical (unpaired) electrons. The summed E-state index contributed by atoms with van der Waals surface area (Å²) in [6.45, 7) is 9.15. The number of aromatic nitrogens is 5. The van der Waals surface area contributed by atoms with E-state index in [1.54, 1.807) is 19.5 Å². The zero-order valence-electron chi connectivity index (χ0n) is 29.6. The molecule has 5 aromatic rings. The van der Waals surface area contributed by atoms with Crippen LogP contribution in [-0.2, 0) is 29.2 Å². The van der Waals surface area contributed by atoms with Crippen molar-refractivity contribution in [3.05, 3.63) is 76.3 Å². The lowest BCUT2D eigenvalue weighted by atomic mass is 9.79. The summed E-state index contributed by atoms with van der Waals surface area (Å²) in [6.07, 6.45) is 6.85. The fraction of sp³-hybridized carbons (Fsp3) is 0.385. The van der Waals surface area contributed by atoms with E-state index in [-0.39, 0.29) is 22.6 Å². The number of carbonyl (C=O) groups is 2. The first-order chi connectivity index (χ1) is 25.6. The maximum atomic E-state index is 11.8. The molecule has 2 aromatic carbocycles. The van der Waals surface area contributed by atoms with Gasteiger partial charge >= 0.3 is 0 Å². The Balaban J connectivity index is 0.965. The van der Waals surface area contributed by atoms with Gasteiger partial charge in [0.25, 0.3) is 0 Å². The molecule has 0 saturated carbocycles. The lowest BCUT2D eigenvalue weighted by molar-refractivity contribution is -0.121. The number of methoxy groups -OCH3 is 1. The van der Waals surface area contributed by atoms with Crippen LogP contribution in [0.1, 0.15) is 31.0 Å². The van der Waals surface area contributed by atoms with Gasteiger partial charge < -0.3 is 19.9 Å². The number of likely N-dealkylation sites (tertiary alicyclic amines) is 2. The molecule has 12 nitrogen and oxygen atoms in total. The third-order valence-electron chi connectivity index (χ3n) is 11.2. The van der Waals surface area contributed by atoms with E-state index >= 15 is 0 Å². The third-order valence-corrected chi connectivity index (χ3v) is 12.0. The molecule has 7 heterocycles. The molecule has 2 amide bonds. The van der Waals surface area contributed by atoms with Gasteiger partial charge in [-0.15, -0.1) is 0 Å². The monoisotopic (exact) mass is 751 g/mol. The summed E-state index contributed by atoms with van der Waals surface area (Å²) in [5, 5.41) is 6.95. The number of hydrogen-bond acceptors (Lipinski definition) is 9. The second-order valence-corrected chi connectivity index (χ2v) is 15.9. The van der Waals surface area contributed by atoms with E-state index < -0.39 is 0 Å². The van der Waals surface area contributed by atoms with E-state index in [1.807, 2.05) is 36.4 Å². The molecule has 9 rings (SSSR count). The molecule has 0 bridgehead atoms. The van der Waals surface area contributed by atoms with Crippen LogP contribution in [0.5, 0.6) is 5.88 Å². The summed E-state index contributed by atoms with van der Waals surface area (Å²) in [5.74, 6) is 0.717. The first-order valence-corrected chi connectivity index (χ1v) is 18.7. The molecule has 4 aliphatic heterocycles. The van der Waals surface area contributed by atoms with Crippen LogP contribution in [0.3, 0.4) is 0 Å². The number of aryl methyl sites for hydroxylation is 1. The molecule has 272 valence electrons. The second kappa shape index (κ2) is 13.0. The van der Waals surface area contributed by atoms with Crippen molar-refractivity contribution in [2.75, 3.05) is 46.4 Å². The molecule has 2 spiro atoms. The van der Waals surface area contributed by atoms with Crippen LogP contribution in [-0.4, -0.2) is 92.5 Å². The van der Waals surface area contributed by atoms with E-state index in [0.29, 0.717) is 52.3 Å². The summed E-state index contributed by atoms with van der Waals surface area (Å²) >= 11 is 14.3. The highest BCUT2D eigenvalue weighted by Gasteiger charge is 2.49. The number of carbonyl (C=O) groups excluding carboxylic acids is 2. The molecule has 3 aromatic heterocycles. The van der Waals surface area contributed by atoms with E-state index in [0.717, 1.165) is 91.5 Å². The Morgan fingerprint density at radius 2 is 1.32 bits per heavy atom. The SMILES string of the molecule is CCn1cc(CN2CC3(CNC(=O)C3)C2)c2ncc(-c3cccc(-c4cccc(-c5cnc(CN6CC7(CNC(=O)C7)C6)c(OC)n5)c4Cl)c3Cl)nc21. The Hall–Kier alpha value is -4.62. The van der Waals surface area contributed by atoms with Gasteiger partial charge in [0, 0.05) is 117 Å². The maximum Gasteiger partial charge on any atom is 0.237 e. The van der Waals surface area contributed by atoms with Gasteiger partial charge in [-0.1, -0.05) is 59.6 Å². The number of amides is 2. The summed E-state index contributed by atoms with van der Waals surface area (Å²) in [6, 6.07) is 11.6. The second-order valence-electron chi connectivity index (χ2n) is 15.1. The fourth-order valence-electron chi connectivity index (χ4n) is 8.71. The fourth-order valence-corrected chi connectivity index (χ4v) is 9.36. The van der Waals surface area contributed by atoms with Crippen molar-refractivity contribution in [3.8, 4) is 39.5 Å². The largest absolute Gasteiger partial charge is 0.480 e. The minimum Gasteiger partial charge on any atom is -0.480 e. The molecule has 4 fully saturated rings. The van der Waals surface area contributed by atoms with Gasteiger partial charge in [-0.3, -0.25) is 29.4 Å². The normalized spacial score (nSPS) is 19.1. The lowest BCUT2D eigenvalue weighted by Crippen LogP contribution is -2.56. The average Bonchev–Trinajstić information content (AvgIpc) is 3.83. The van der Waals surface area contributed by atoms with Crippen molar-refractivity contribution in [3.63, 3.8) is 0 Å². The Morgan fingerprint density at radius 1 is 0.774 bits per heavy atom. The standard InChI is InChI=1S/C39H39Cl2N9O3/c1-3-50-15-23(14-48-19-38(20-48)10-31(51)44-17-38)35-36(50)46-28(13-43-35)26-8-4-6-24(33(26)40)25-7-5-9-27(34(25)41)29-12-42-30(37(47-29)53-2)16-49-21-39(22-49)11-32(52)45-18-39/h4-9,12-13,15H,3,10-11,14,16-22H2,1-2H3,(H,44,51)(H,45,52). The molecule has 4 saturated heterocycles. The van der Waals surface area contributed by atoms with Crippen LogP contribution in [0.15, 0.2) is 55.0 Å². The zero-order valence-corrected chi connectivity index (χ0v) is 31.1. The molecular weight excluding hydrogens is 713 g/mol. The van der Waals surface area contributed by atoms with Gasteiger partial charge in [-0.25, -0.2) is 9.97 Å². The van der Waals surface area contributed by atoms with Gasteiger partial charge in [0.2, 0.25) is 17.7 Å². The summed E-state index contributed by atoms with van der Waals surface area (Å²) in [7, 11) is 1.59. The minimum absolute atomic E-state index is 0.0316. The van der Waals surface area contributed by atoms with Crippen LogP contribution in [0, 0.1) is 10.8 Å². The third kappa shape index (κ3) is 6.01. The average molecular weight is 753 g/mol. The van der Waals surface area contributed by atoms with E-state index in [1.165, 1.54) is 0 Å². The lowest BCUT2D eigenvalue weighted by Gasteiger charge is -2.47. The van der Waals surface area contributed by atoms with Gasteiger partial charge in [-0.2, -0.15) is 0 Å². The van der Waals surface area contributed by atoms with Crippen LogP contribution < -0.4 is 15.4 Å². The Kier molecular flexibility index (Phi) is 8.41. The van der Waals surface area contributed by atoms with Crippen LogP contribution in [0.25, 0.3) is 44.8 Å². The molecule has 14 heteroatoms. The summed E-state index contributed by atoms with van der Waals surface area (Å²) in [4.78, 5) is 47.8. The van der Waals surface area contributed by atoms with E-state index in [9.17, 15) is 9.59 Å². The van der Waals surface area contributed by atoms with Gasteiger partial charge in [0.05, 0.1) is 40.9 Å². The van der Waals surface area contributed by atoms with E-state index in [2.05, 4.69) is 38.1 Å². The number of halogens is 2. The van der Waals surface area contributed by atoms with E-state index in [4.69, 9.17) is 47.9 Å². The number of rotatable bonds is 9. The van der Waals surface area contributed by atoms with Crippen molar-refractivity contribution in [2.24, 2.45) is 10.8 Å². The Morgan fingerprint density at radius 3 is 1.87 bits per heavy atom. The first kappa shape index (κ1) is 34.2. The number of hydrogen-bond donors (Lipinski definition) is 2. The van der Waals surface area contributed by atoms with Crippen molar-refractivity contribution in [1.29, 1.82) is 0 Å². The molecular formula is C39H39Cl2N9O3. The Labute approximate surface area is 316 Å². The van der Waals surface area contributed by atoms with Crippen LogP contribution >= 0.6 is 23.2 Å². The summed E-state index contributed by atoms with van der Waals surface area (Å²) < 4.78 is 7.82. The highest BCUT2D eigenvalue weighted by molar-refractivity contribution is 6.39. The van der Waals surface area contributed by atoms with Crippen molar-refractivity contribution in [2.45, 2.75) is 39.4 Å². The minimum atomic E-state index is 0.0316. The maximum absolute atomic E-state index is 11.8. The van der Waals surface area contributed by atoms with Crippen LogP contribution in [0.2, 0.25) is 10.0 Å². The topological polar surface area (TPSA) is 130 Å². The summed E-state index contributed by atoms with van der Waals surface area (Å²) in [5.41, 5.74) is 7.89. The molecule has 0 aliphatic carbocycles. The number of nitrogens with one attached hydrogen (secondary N) is 2. The number of nitrogens with zero attached hydrogens (tertiary/aromatic N) is 7. The quantitative estimate of drug-likeness (QED) is 0.209. The number of ether oxygens (including phenoxy) is 1. The predicted octanol–water partition coefficient (Wildman–Crippen LogP) is 5.20. The van der Waals surface area contributed by atoms with Crippen molar-refractivity contribution >= 4 is 46.2 Å². The zero-order chi connectivity index (χ0) is 36.5. The number of fused-ring (bicyclic) bond motifs is 1. The van der Waals surface area contributed by atoms with Crippen molar-refractivity contribution < 1.29 is 14.3 Å².